The van der Waals surface area contributed by atoms with Crippen molar-refractivity contribution in [2.75, 3.05) is 26.7 Å². The van der Waals surface area contributed by atoms with Gasteiger partial charge in [-0.15, -0.1) is 0 Å². The van der Waals surface area contributed by atoms with Crippen LogP contribution in [-0.2, 0) is 11.2 Å². The Kier molecular flexibility index (Phi) is 5.59. The summed E-state index contributed by atoms with van der Waals surface area (Å²) in [5.41, 5.74) is 2.90. The molecule has 28 heavy (non-hydrogen) atoms. The minimum Gasteiger partial charge on any atom is -0.337 e. The molecule has 0 aliphatic carbocycles. The molecule has 1 N–H and O–H groups in total. The van der Waals surface area contributed by atoms with E-state index in [9.17, 15) is 9.59 Å². The fraction of sp³-hybridized carbons (Fsp3) is 0.364. The summed E-state index contributed by atoms with van der Waals surface area (Å²) in [6.45, 7) is 3.07. The zero-order chi connectivity index (χ0) is 19.5. The van der Waals surface area contributed by atoms with Crippen LogP contribution in [0.15, 0.2) is 53.3 Å². The Labute approximate surface area is 168 Å². The van der Waals surface area contributed by atoms with E-state index >= 15 is 0 Å². The fourth-order valence-electron chi connectivity index (χ4n) is 3.92. The van der Waals surface area contributed by atoms with Crippen molar-refractivity contribution in [2.45, 2.75) is 25.3 Å². The van der Waals surface area contributed by atoms with Crippen LogP contribution in [0.1, 0.15) is 30.0 Å². The molecule has 1 fully saturated rings. The van der Waals surface area contributed by atoms with E-state index in [-0.39, 0.29) is 16.8 Å². The predicted molar refractivity (Wildman–Crippen MR) is 114 cm³/mol. The third kappa shape index (κ3) is 4.18. The van der Waals surface area contributed by atoms with Crippen molar-refractivity contribution >= 4 is 27.5 Å². The van der Waals surface area contributed by atoms with Crippen LogP contribution in [0.25, 0.3) is 10.2 Å². The molecule has 1 atom stereocenters. The second-order valence-corrected chi connectivity index (χ2v) is 8.48. The van der Waals surface area contributed by atoms with Gasteiger partial charge in [-0.05, 0) is 49.2 Å². The van der Waals surface area contributed by atoms with Gasteiger partial charge in [-0.3, -0.25) is 9.59 Å². The number of rotatable bonds is 6. The molecule has 0 saturated carbocycles. The Balaban J connectivity index is 1.53. The van der Waals surface area contributed by atoms with E-state index in [1.807, 2.05) is 48.3 Å². The average Bonchev–Trinajstić information content (AvgIpc) is 3.34. The largest absolute Gasteiger partial charge is 0.337 e. The van der Waals surface area contributed by atoms with Gasteiger partial charge in [-0.1, -0.05) is 47.7 Å². The van der Waals surface area contributed by atoms with E-state index in [2.05, 4.69) is 22.0 Å². The molecule has 146 valence electrons. The Morgan fingerprint density at radius 3 is 2.68 bits per heavy atom. The van der Waals surface area contributed by atoms with Gasteiger partial charge in [0.1, 0.15) is 0 Å². The maximum Gasteiger partial charge on any atom is 0.305 e. The molecule has 0 bridgehead atoms. The molecule has 3 aromatic rings. The first-order chi connectivity index (χ1) is 13.6. The molecule has 1 amide bonds. The lowest BCUT2D eigenvalue weighted by Crippen LogP contribution is -2.39. The van der Waals surface area contributed by atoms with Crippen molar-refractivity contribution in [3.8, 4) is 0 Å². The topological polar surface area (TPSA) is 56.4 Å². The molecular weight excluding hydrogens is 370 g/mol. The third-order valence-electron chi connectivity index (χ3n) is 5.51. The molecule has 6 heteroatoms. The molecule has 2 heterocycles. The highest BCUT2D eigenvalue weighted by molar-refractivity contribution is 7.16. The average molecular weight is 396 g/mol. The standard InChI is InChI=1S/C22H25N3O2S/c1-24(19(15-25-11-5-6-12-25)17-7-3-2-4-8-17)21(26)14-16-9-10-20-18(13-16)23-22(27)28-20/h2-4,7-10,13,19H,5-6,11-12,14-15H2,1H3,(H,23,27). The van der Waals surface area contributed by atoms with Crippen molar-refractivity contribution in [1.82, 2.24) is 14.8 Å². The van der Waals surface area contributed by atoms with Crippen LogP contribution in [0.4, 0.5) is 0 Å². The number of aromatic amines is 1. The summed E-state index contributed by atoms with van der Waals surface area (Å²) >= 11 is 1.19. The zero-order valence-corrected chi connectivity index (χ0v) is 16.9. The Hall–Kier alpha value is -2.44. The smallest absolute Gasteiger partial charge is 0.305 e. The van der Waals surface area contributed by atoms with Crippen molar-refractivity contribution in [3.05, 3.63) is 69.3 Å². The monoisotopic (exact) mass is 395 g/mol. The maximum absolute atomic E-state index is 13.1. The summed E-state index contributed by atoms with van der Waals surface area (Å²) in [4.78, 5) is 31.7. The van der Waals surface area contributed by atoms with Crippen molar-refractivity contribution in [1.29, 1.82) is 0 Å². The van der Waals surface area contributed by atoms with Crippen molar-refractivity contribution < 1.29 is 4.79 Å². The molecule has 1 unspecified atom stereocenters. The lowest BCUT2D eigenvalue weighted by molar-refractivity contribution is -0.131. The molecule has 1 aliphatic heterocycles. The highest BCUT2D eigenvalue weighted by Crippen LogP contribution is 2.24. The SMILES string of the molecule is CN(C(=O)Cc1ccc2sc(=O)[nH]c2c1)C(CN1CCCC1)c1ccccc1. The molecule has 0 spiro atoms. The normalized spacial score (nSPS) is 15.8. The van der Waals surface area contributed by atoms with Gasteiger partial charge in [0.2, 0.25) is 5.91 Å². The van der Waals surface area contributed by atoms with Gasteiger partial charge in [0.15, 0.2) is 0 Å². The number of likely N-dealkylation sites (N-methyl/N-ethyl adjacent to an activating group) is 1. The number of aromatic nitrogens is 1. The summed E-state index contributed by atoms with van der Waals surface area (Å²) in [6.07, 6.45) is 2.80. The quantitative estimate of drug-likeness (QED) is 0.696. The molecule has 1 saturated heterocycles. The summed E-state index contributed by atoms with van der Waals surface area (Å²) in [5, 5.41) is 0. The first-order valence-corrected chi connectivity index (χ1v) is 10.6. The predicted octanol–water partition coefficient (Wildman–Crippen LogP) is 3.43. The number of benzene rings is 2. The van der Waals surface area contributed by atoms with E-state index in [0.717, 1.165) is 35.4 Å². The Morgan fingerprint density at radius 1 is 1.18 bits per heavy atom. The van der Waals surface area contributed by atoms with Gasteiger partial charge in [-0.25, -0.2) is 0 Å². The van der Waals surface area contributed by atoms with Crippen LogP contribution in [0, 0.1) is 0 Å². The number of amides is 1. The van der Waals surface area contributed by atoms with Gasteiger partial charge < -0.3 is 14.8 Å². The van der Waals surface area contributed by atoms with Gasteiger partial charge in [-0.2, -0.15) is 0 Å². The van der Waals surface area contributed by atoms with Crippen molar-refractivity contribution in [2.24, 2.45) is 0 Å². The Bertz CT molecular complexity index is 1010. The van der Waals surface area contributed by atoms with Crippen LogP contribution >= 0.6 is 11.3 Å². The van der Waals surface area contributed by atoms with E-state index in [4.69, 9.17) is 0 Å². The van der Waals surface area contributed by atoms with E-state index in [1.54, 1.807) is 0 Å². The molecule has 2 aromatic carbocycles. The number of likely N-dealkylation sites (tertiary alicyclic amines) is 1. The molecule has 1 aliphatic rings. The number of H-pyrrole nitrogens is 1. The van der Waals surface area contributed by atoms with Crippen LogP contribution in [0.2, 0.25) is 0 Å². The van der Waals surface area contributed by atoms with Gasteiger partial charge >= 0.3 is 4.87 Å². The lowest BCUT2D eigenvalue weighted by atomic mass is 10.0. The molecular formula is C22H25N3O2S. The number of hydrogen-bond acceptors (Lipinski definition) is 4. The van der Waals surface area contributed by atoms with Crippen LogP contribution in [-0.4, -0.2) is 47.4 Å². The number of nitrogens with zero attached hydrogens (tertiary/aromatic N) is 2. The van der Waals surface area contributed by atoms with E-state index in [0.29, 0.717) is 6.42 Å². The van der Waals surface area contributed by atoms with Crippen LogP contribution < -0.4 is 4.87 Å². The fourth-order valence-corrected chi connectivity index (χ4v) is 4.64. The highest BCUT2D eigenvalue weighted by Gasteiger charge is 2.25. The maximum atomic E-state index is 13.1. The highest BCUT2D eigenvalue weighted by atomic mass is 32.1. The number of nitrogens with one attached hydrogen (secondary N) is 1. The van der Waals surface area contributed by atoms with Gasteiger partial charge in [0.25, 0.3) is 0 Å². The third-order valence-corrected chi connectivity index (χ3v) is 6.38. The molecule has 4 rings (SSSR count). The van der Waals surface area contributed by atoms with Crippen LogP contribution in [0.3, 0.4) is 0 Å². The number of carbonyl (C=O) groups excluding carboxylic acids is 1. The number of thiazole rings is 1. The summed E-state index contributed by atoms with van der Waals surface area (Å²) in [5.74, 6) is 0.0879. The molecule has 5 nitrogen and oxygen atoms in total. The second kappa shape index (κ2) is 8.29. The second-order valence-electron chi connectivity index (χ2n) is 7.46. The first kappa shape index (κ1) is 18.9. The van der Waals surface area contributed by atoms with Crippen molar-refractivity contribution in [3.63, 3.8) is 0 Å². The number of hydrogen-bond donors (Lipinski definition) is 1. The number of fused-ring (bicyclic) bond motifs is 1. The summed E-state index contributed by atoms with van der Waals surface area (Å²) < 4.78 is 0.922. The zero-order valence-electron chi connectivity index (χ0n) is 16.1. The van der Waals surface area contributed by atoms with Gasteiger partial charge in [0, 0.05) is 13.6 Å². The molecule has 0 radical (unpaired) electrons. The molecule has 1 aromatic heterocycles. The van der Waals surface area contributed by atoms with Crippen LogP contribution in [0.5, 0.6) is 0 Å². The lowest BCUT2D eigenvalue weighted by Gasteiger charge is -2.32. The van der Waals surface area contributed by atoms with Gasteiger partial charge in [0.05, 0.1) is 22.7 Å². The minimum absolute atomic E-state index is 0.0384. The van der Waals surface area contributed by atoms with E-state index < -0.39 is 0 Å². The van der Waals surface area contributed by atoms with E-state index in [1.165, 1.54) is 29.7 Å². The minimum atomic E-state index is -0.0645. The first-order valence-electron chi connectivity index (χ1n) is 9.75. The summed E-state index contributed by atoms with van der Waals surface area (Å²) in [7, 11) is 1.90. The summed E-state index contributed by atoms with van der Waals surface area (Å²) in [6, 6.07) is 16.1. The number of carbonyl (C=O) groups is 1. The Morgan fingerprint density at radius 2 is 1.93 bits per heavy atom.